The van der Waals surface area contributed by atoms with Crippen molar-refractivity contribution in [2.75, 3.05) is 0 Å². The van der Waals surface area contributed by atoms with Crippen molar-refractivity contribution >= 4 is 12.2 Å². The van der Waals surface area contributed by atoms with Crippen LogP contribution in [0.5, 0.6) is 0 Å². The van der Waals surface area contributed by atoms with Crippen LogP contribution in [0.15, 0.2) is 48.8 Å². The van der Waals surface area contributed by atoms with Crippen LogP contribution in [0.2, 0.25) is 0 Å². The van der Waals surface area contributed by atoms with Crippen molar-refractivity contribution in [2.45, 2.75) is 51.0 Å². The number of rotatable bonds is 7. The molecule has 0 atom stereocenters. The van der Waals surface area contributed by atoms with E-state index < -0.39 is 0 Å². The summed E-state index contributed by atoms with van der Waals surface area (Å²) in [5.41, 5.74) is 2.10. The predicted molar refractivity (Wildman–Crippen MR) is 108 cm³/mol. The van der Waals surface area contributed by atoms with Crippen molar-refractivity contribution in [1.29, 1.82) is 0 Å². The Kier molecular flexibility index (Phi) is 4.56. The molecule has 0 N–H and O–H groups in total. The van der Waals surface area contributed by atoms with E-state index in [0.717, 1.165) is 41.1 Å². The maximum atomic E-state index is 13.2. The second-order valence-corrected chi connectivity index (χ2v) is 8.06. The van der Waals surface area contributed by atoms with Gasteiger partial charge >= 0.3 is 0 Å². The number of nitrogens with zero attached hydrogens (tertiary/aromatic N) is 5. The number of halogens is 1. The third-order valence-corrected chi connectivity index (χ3v) is 5.79. The number of aromatic nitrogens is 4. The van der Waals surface area contributed by atoms with Crippen LogP contribution in [0.1, 0.15) is 37.3 Å². The molecule has 0 aliphatic heterocycles. The Hall–Kier alpha value is -2.38. The van der Waals surface area contributed by atoms with Crippen LogP contribution in [0.4, 0.5) is 4.39 Å². The quantitative estimate of drug-likeness (QED) is 0.549. The van der Waals surface area contributed by atoms with Crippen LogP contribution < -0.4 is 0 Å². The largest absolute Gasteiger partial charge is 0.297 e. The number of pyridine rings is 1. The van der Waals surface area contributed by atoms with E-state index in [-0.39, 0.29) is 5.82 Å². The SMILES string of the molecule is Fc1ccc(CN(Cn2nc(-c3cccnc3)n(C3CC3)c2=S)C2CC2)cc1. The van der Waals surface area contributed by atoms with Crippen molar-refractivity contribution in [3.63, 3.8) is 0 Å². The molecule has 2 aliphatic rings. The highest BCUT2D eigenvalue weighted by Gasteiger charge is 2.32. The molecule has 5 nitrogen and oxygen atoms in total. The average molecular weight is 396 g/mol. The Morgan fingerprint density at radius 1 is 1.11 bits per heavy atom. The summed E-state index contributed by atoms with van der Waals surface area (Å²) < 4.78 is 18.1. The second kappa shape index (κ2) is 7.22. The van der Waals surface area contributed by atoms with Crippen LogP contribution in [0.25, 0.3) is 11.4 Å². The summed E-state index contributed by atoms with van der Waals surface area (Å²) >= 11 is 5.80. The Balaban J connectivity index is 1.45. The van der Waals surface area contributed by atoms with Crippen LogP contribution in [0, 0.1) is 10.6 Å². The molecule has 5 rings (SSSR count). The van der Waals surface area contributed by atoms with Gasteiger partial charge in [0, 0.05) is 36.6 Å². The van der Waals surface area contributed by atoms with Crippen molar-refractivity contribution < 1.29 is 4.39 Å². The van der Waals surface area contributed by atoms with Crippen LogP contribution in [0.3, 0.4) is 0 Å². The summed E-state index contributed by atoms with van der Waals surface area (Å²) in [4.78, 5) is 6.63. The summed E-state index contributed by atoms with van der Waals surface area (Å²) in [6.07, 6.45) is 8.29. The van der Waals surface area contributed by atoms with Crippen molar-refractivity contribution in [2.24, 2.45) is 0 Å². The van der Waals surface area contributed by atoms with E-state index in [1.54, 1.807) is 6.20 Å². The van der Waals surface area contributed by atoms with Gasteiger partial charge < -0.3 is 0 Å². The molecule has 3 aromatic rings. The molecule has 0 radical (unpaired) electrons. The number of hydrogen-bond donors (Lipinski definition) is 0. The molecular formula is C21H22FN5S. The average Bonchev–Trinajstić information content (AvgIpc) is 3.62. The van der Waals surface area contributed by atoms with Crippen molar-refractivity contribution in [3.8, 4) is 11.4 Å². The first-order valence-electron chi connectivity index (χ1n) is 9.77. The van der Waals surface area contributed by atoms with Gasteiger partial charge in [0.2, 0.25) is 0 Å². The molecule has 0 spiro atoms. The lowest BCUT2D eigenvalue weighted by Crippen LogP contribution is -2.29. The van der Waals surface area contributed by atoms with Gasteiger partial charge in [0.1, 0.15) is 5.82 Å². The van der Waals surface area contributed by atoms with Crippen molar-refractivity contribution in [1.82, 2.24) is 24.2 Å². The zero-order chi connectivity index (χ0) is 19.1. The molecular weight excluding hydrogens is 373 g/mol. The lowest BCUT2D eigenvalue weighted by Gasteiger charge is -2.21. The minimum absolute atomic E-state index is 0.201. The number of benzene rings is 1. The van der Waals surface area contributed by atoms with E-state index >= 15 is 0 Å². The molecule has 2 aliphatic carbocycles. The number of hydrogen-bond acceptors (Lipinski definition) is 4. The monoisotopic (exact) mass is 395 g/mol. The topological polar surface area (TPSA) is 38.9 Å². The molecule has 2 aromatic heterocycles. The van der Waals surface area contributed by atoms with Gasteiger partial charge in [-0.15, -0.1) is 0 Å². The van der Waals surface area contributed by atoms with E-state index in [2.05, 4.69) is 14.5 Å². The van der Waals surface area contributed by atoms with Gasteiger partial charge in [0.25, 0.3) is 0 Å². The highest BCUT2D eigenvalue weighted by Crippen LogP contribution is 2.38. The molecule has 2 fully saturated rings. The minimum atomic E-state index is -0.201. The van der Waals surface area contributed by atoms with Gasteiger partial charge in [-0.3, -0.25) is 14.5 Å². The van der Waals surface area contributed by atoms with E-state index in [9.17, 15) is 4.39 Å². The van der Waals surface area contributed by atoms with Crippen LogP contribution >= 0.6 is 12.2 Å². The van der Waals surface area contributed by atoms with Crippen LogP contribution in [-0.4, -0.2) is 30.3 Å². The van der Waals surface area contributed by atoms with E-state index in [0.29, 0.717) is 18.8 Å². The van der Waals surface area contributed by atoms with E-state index in [1.165, 1.54) is 25.0 Å². The van der Waals surface area contributed by atoms with Gasteiger partial charge in [-0.25, -0.2) is 9.07 Å². The first kappa shape index (κ1) is 17.7. The molecule has 0 saturated heterocycles. The third-order valence-electron chi connectivity index (χ3n) is 5.38. The zero-order valence-corrected chi connectivity index (χ0v) is 16.4. The lowest BCUT2D eigenvalue weighted by molar-refractivity contribution is 0.186. The van der Waals surface area contributed by atoms with Gasteiger partial charge in [-0.05, 0) is 67.7 Å². The Labute approximate surface area is 168 Å². The van der Waals surface area contributed by atoms with Gasteiger partial charge in [0.05, 0.1) is 6.67 Å². The predicted octanol–water partition coefficient (Wildman–Crippen LogP) is 4.57. The van der Waals surface area contributed by atoms with Crippen LogP contribution in [-0.2, 0) is 13.2 Å². The molecule has 0 unspecified atom stereocenters. The maximum absolute atomic E-state index is 13.2. The standard InChI is InChI=1S/C21H22FN5S/c22-17-5-3-15(4-6-17)13-25(18-7-8-18)14-26-21(28)27(19-9-10-19)20(24-26)16-2-1-11-23-12-16/h1-6,11-12,18-19H,7-10,13-14H2. The van der Waals surface area contributed by atoms with Gasteiger partial charge in [-0.2, -0.15) is 5.10 Å². The molecule has 2 saturated carbocycles. The van der Waals surface area contributed by atoms with E-state index in [1.807, 2.05) is 35.1 Å². The molecule has 0 amide bonds. The fraction of sp³-hybridized carbons (Fsp3) is 0.381. The Bertz CT molecular complexity index is 1020. The van der Waals surface area contributed by atoms with Gasteiger partial charge in [0.15, 0.2) is 10.6 Å². The molecule has 2 heterocycles. The molecule has 7 heteroatoms. The molecule has 0 bridgehead atoms. The zero-order valence-electron chi connectivity index (χ0n) is 15.5. The minimum Gasteiger partial charge on any atom is -0.297 e. The first-order chi connectivity index (χ1) is 13.7. The summed E-state index contributed by atoms with van der Waals surface area (Å²) in [7, 11) is 0. The molecule has 144 valence electrons. The Morgan fingerprint density at radius 3 is 2.54 bits per heavy atom. The summed E-state index contributed by atoms with van der Waals surface area (Å²) in [5, 5.41) is 4.88. The van der Waals surface area contributed by atoms with E-state index in [4.69, 9.17) is 17.3 Å². The molecule has 1 aromatic carbocycles. The Morgan fingerprint density at radius 2 is 1.89 bits per heavy atom. The maximum Gasteiger partial charge on any atom is 0.199 e. The molecule has 28 heavy (non-hydrogen) atoms. The summed E-state index contributed by atoms with van der Waals surface area (Å²) in [6, 6.07) is 11.7. The third kappa shape index (κ3) is 3.64. The second-order valence-electron chi connectivity index (χ2n) is 7.69. The smallest absolute Gasteiger partial charge is 0.199 e. The highest BCUT2D eigenvalue weighted by atomic mass is 32.1. The summed E-state index contributed by atoms with van der Waals surface area (Å²) in [5.74, 6) is 0.700. The summed E-state index contributed by atoms with van der Waals surface area (Å²) in [6.45, 7) is 1.42. The van der Waals surface area contributed by atoms with Gasteiger partial charge in [-0.1, -0.05) is 12.1 Å². The normalized spacial score (nSPS) is 16.6. The fourth-order valence-electron chi connectivity index (χ4n) is 3.60. The lowest BCUT2D eigenvalue weighted by atomic mass is 10.2. The fourth-order valence-corrected chi connectivity index (χ4v) is 3.93. The van der Waals surface area contributed by atoms with Crippen molar-refractivity contribution in [3.05, 3.63) is 64.9 Å². The highest BCUT2D eigenvalue weighted by molar-refractivity contribution is 7.71. The first-order valence-corrected chi connectivity index (χ1v) is 10.2.